The number of likely N-dealkylation sites (N-methyl/N-ethyl adjacent to an activating group) is 1. The van der Waals surface area contributed by atoms with Gasteiger partial charge in [-0.1, -0.05) is 54.1 Å². The third-order valence-corrected chi connectivity index (χ3v) is 6.91. The maximum absolute atomic E-state index is 12.1. The van der Waals surface area contributed by atoms with E-state index >= 15 is 0 Å². The Hall–Kier alpha value is -2.73. The lowest BCUT2D eigenvalue weighted by Gasteiger charge is -2.41. The zero-order chi connectivity index (χ0) is 25.9. The Labute approximate surface area is 220 Å². The number of benzene rings is 2. The number of nitrogens with zero attached hydrogens (tertiary/aromatic N) is 3. The number of carbonyl (C=O) groups is 1. The van der Waals surface area contributed by atoms with Gasteiger partial charge in [0.1, 0.15) is 5.82 Å². The zero-order valence-corrected chi connectivity index (χ0v) is 22.7. The average Bonchev–Trinajstić information content (AvgIpc) is 2.97. The molecule has 5 nitrogen and oxygen atoms in total. The molecule has 0 bridgehead atoms. The minimum Gasteiger partial charge on any atom is -0.347 e. The second kappa shape index (κ2) is 11.1. The van der Waals surface area contributed by atoms with E-state index in [-0.39, 0.29) is 17.4 Å². The highest BCUT2D eigenvalue weighted by Crippen LogP contribution is 2.37. The molecule has 6 heteroatoms. The summed E-state index contributed by atoms with van der Waals surface area (Å²) < 4.78 is 0. The van der Waals surface area contributed by atoms with Crippen molar-refractivity contribution in [3.05, 3.63) is 94.1 Å². The second-order valence-corrected chi connectivity index (χ2v) is 11.3. The SMILES string of the molecule is CC(NC(C)(C)C)C(=O)c1cccc(Cl)c1.CN1CCN2c3ncccc3Cc3ccccc3C2C1. The monoisotopic (exact) mass is 504 g/mol. The summed E-state index contributed by atoms with van der Waals surface area (Å²) in [7, 11) is 2.21. The minimum atomic E-state index is -0.210. The van der Waals surface area contributed by atoms with Crippen molar-refractivity contribution in [2.45, 2.75) is 51.7 Å². The highest BCUT2D eigenvalue weighted by atomic mass is 35.5. The third kappa shape index (κ3) is 6.33. The van der Waals surface area contributed by atoms with Crippen LogP contribution >= 0.6 is 11.6 Å². The van der Waals surface area contributed by atoms with Crippen molar-refractivity contribution in [1.29, 1.82) is 0 Å². The van der Waals surface area contributed by atoms with E-state index in [1.807, 2.05) is 33.9 Å². The summed E-state index contributed by atoms with van der Waals surface area (Å²) in [6.07, 6.45) is 2.92. The number of aromatic nitrogens is 1. The van der Waals surface area contributed by atoms with Gasteiger partial charge in [-0.05, 0) is 69.6 Å². The van der Waals surface area contributed by atoms with E-state index in [0.717, 1.165) is 26.1 Å². The standard InChI is InChI=1S/C17H19N3.C13H18ClNO/c1-19-9-10-20-16(12-19)15-7-3-2-5-13(15)11-14-6-4-8-18-17(14)20;1-9(15-13(2,3)4)12(16)10-6-5-7-11(14)8-10/h2-8,16H,9-12H2,1H3;5-9,15H,1-4H3. The fourth-order valence-electron chi connectivity index (χ4n) is 5.10. The summed E-state index contributed by atoms with van der Waals surface area (Å²) >= 11 is 5.85. The van der Waals surface area contributed by atoms with Gasteiger partial charge in [0.05, 0.1) is 12.1 Å². The number of hydrogen-bond acceptors (Lipinski definition) is 5. The van der Waals surface area contributed by atoms with Gasteiger partial charge in [0.2, 0.25) is 0 Å². The van der Waals surface area contributed by atoms with Crippen LogP contribution in [0.15, 0.2) is 66.9 Å². The van der Waals surface area contributed by atoms with Crippen molar-refractivity contribution in [1.82, 2.24) is 15.2 Å². The molecule has 3 heterocycles. The largest absolute Gasteiger partial charge is 0.347 e. The highest BCUT2D eigenvalue weighted by molar-refractivity contribution is 6.31. The number of nitrogens with one attached hydrogen (secondary N) is 1. The molecule has 1 saturated heterocycles. The van der Waals surface area contributed by atoms with Crippen LogP contribution in [0.1, 0.15) is 60.8 Å². The van der Waals surface area contributed by atoms with Crippen molar-refractivity contribution in [2.24, 2.45) is 0 Å². The smallest absolute Gasteiger partial charge is 0.179 e. The molecular weight excluding hydrogens is 468 g/mol. The van der Waals surface area contributed by atoms with Gasteiger partial charge < -0.3 is 15.1 Å². The molecule has 36 heavy (non-hydrogen) atoms. The molecule has 2 unspecified atom stereocenters. The molecule has 3 aromatic rings. The van der Waals surface area contributed by atoms with E-state index in [0.29, 0.717) is 16.6 Å². The lowest BCUT2D eigenvalue weighted by Crippen LogP contribution is -2.47. The molecule has 0 radical (unpaired) electrons. The molecule has 0 aliphatic carbocycles. The van der Waals surface area contributed by atoms with Crippen molar-refractivity contribution < 1.29 is 4.79 Å². The van der Waals surface area contributed by atoms with Gasteiger partial charge >= 0.3 is 0 Å². The average molecular weight is 505 g/mol. The number of pyridine rings is 1. The van der Waals surface area contributed by atoms with E-state index in [1.54, 1.807) is 24.3 Å². The Balaban J connectivity index is 0.000000175. The molecule has 0 amide bonds. The molecule has 190 valence electrons. The van der Waals surface area contributed by atoms with Crippen LogP contribution in [0.2, 0.25) is 5.02 Å². The van der Waals surface area contributed by atoms with E-state index in [9.17, 15) is 4.79 Å². The summed E-state index contributed by atoms with van der Waals surface area (Å²) in [5.41, 5.74) is 4.85. The summed E-state index contributed by atoms with van der Waals surface area (Å²) in [5, 5.41) is 3.84. The van der Waals surface area contributed by atoms with Crippen LogP contribution in [0.25, 0.3) is 0 Å². The lowest BCUT2D eigenvalue weighted by atomic mass is 9.96. The summed E-state index contributed by atoms with van der Waals surface area (Å²) in [6.45, 7) is 11.2. The van der Waals surface area contributed by atoms with Crippen LogP contribution in [-0.2, 0) is 6.42 Å². The number of piperazine rings is 1. The molecule has 0 saturated carbocycles. The molecular formula is C30H37ClN4O. The first kappa shape index (κ1) is 26.3. The second-order valence-electron chi connectivity index (χ2n) is 10.8. The summed E-state index contributed by atoms with van der Waals surface area (Å²) in [6, 6.07) is 20.4. The molecule has 2 aromatic carbocycles. The minimum absolute atomic E-state index is 0.0671. The molecule has 2 aliphatic rings. The van der Waals surface area contributed by atoms with Crippen LogP contribution in [0.5, 0.6) is 0 Å². The van der Waals surface area contributed by atoms with Crippen molar-refractivity contribution in [3.63, 3.8) is 0 Å². The lowest BCUT2D eigenvalue weighted by molar-refractivity contribution is 0.0935. The van der Waals surface area contributed by atoms with Crippen LogP contribution < -0.4 is 10.2 Å². The van der Waals surface area contributed by atoms with Gasteiger partial charge in [-0.25, -0.2) is 4.98 Å². The number of ketones is 1. The predicted molar refractivity (Wildman–Crippen MR) is 149 cm³/mol. The number of carbonyl (C=O) groups excluding carboxylic acids is 1. The van der Waals surface area contributed by atoms with Crippen molar-refractivity contribution >= 4 is 23.2 Å². The zero-order valence-electron chi connectivity index (χ0n) is 22.0. The Morgan fingerprint density at radius 2 is 1.81 bits per heavy atom. The van der Waals surface area contributed by atoms with Crippen molar-refractivity contribution in [3.8, 4) is 0 Å². The normalized spacial score (nSPS) is 18.1. The Morgan fingerprint density at radius 3 is 2.56 bits per heavy atom. The van der Waals surface area contributed by atoms with Gasteiger partial charge in [0.25, 0.3) is 0 Å². The number of fused-ring (bicyclic) bond motifs is 5. The van der Waals surface area contributed by atoms with Gasteiger partial charge in [-0.3, -0.25) is 4.79 Å². The fourth-order valence-corrected chi connectivity index (χ4v) is 5.29. The molecule has 1 fully saturated rings. The quantitative estimate of drug-likeness (QED) is 0.458. The number of halogens is 1. The van der Waals surface area contributed by atoms with Crippen molar-refractivity contribution in [2.75, 3.05) is 31.6 Å². The van der Waals surface area contributed by atoms with Gasteiger partial charge in [-0.2, -0.15) is 0 Å². The van der Waals surface area contributed by atoms with Crippen LogP contribution in [0, 0.1) is 0 Å². The Bertz CT molecular complexity index is 1210. The molecule has 5 rings (SSSR count). The third-order valence-electron chi connectivity index (χ3n) is 6.67. The number of anilines is 1. The predicted octanol–water partition coefficient (Wildman–Crippen LogP) is 5.78. The maximum Gasteiger partial charge on any atom is 0.179 e. The van der Waals surface area contributed by atoms with Gasteiger partial charge in [-0.15, -0.1) is 0 Å². The molecule has 0 spiro atoms. The molecule has 1 N–H and O–H groups in total. The first-order valence-electron chi connectivity index (χ1n) is 12.7. The van der Waals surface area contributed by atoms with E-state index < -0.39 is 0 Å². The van der Waals surface area contributed by atoms with E-state index in [2.05, 4.69) is 63.5 Å². The first-order chi connectivity index (χ1) is 17.1. The molecule has 2 atom stereocenters. The first-order valence-corrected chi connectivity index (χ1v) is 13.0. The van der Waals surface area contributed by atoms with Crippen LogP contribution in [-0.4, -0.2) is 53.9 Å². The summed E-state index contributed by atoms with van der Waals surface area (Å²) in [4.78, 5) is 21.7. The van der Waals surface area contributed by atoms with Crippen LogP contribution in [0.3, 0.4) is 0 Å². The highest BCUT2D eigenvalue weighted by Gasteiger charge is 2.32. The molecule has 2 aliphatic heterocycles. The fraction of sp³-hybridized carbons (Fsp3) is 0.400. The van der Waals surface area contributed by atoms with Gasteiger partial charge in [0.15, 0.2) is 5.78 Å². The van der Waals surface area contributed by atoms with E-state index in [4.69, 9.17) is 11.6 Å². The Kier molecular flexibility index (Phi) is 8.13. The number of rotatable bonds is 3. The van der Waals surface area contributed by atoms with Gasteiger partial charge in [0, 0.05) is 48.4 Å². The Morgan fingerprint density at radius 1 is 1.06 bits per heavy atom. The maximum atomic E-state index is 12.1. The summed E-state index contributed by atoms with van der Waals surface area (Å²) in [5.74, 6) is 1.25. The van der Waals surface area contributed by atoms with E-state index in [1.165, 1.54) is 22.5 Å². The van der Waals surface area contributed by atoms with Crippen LogP contribution in [0.4, 0.5) is 5.82 Å². The topological polar surface area (TPSA) is 48.5 Å². The number of Topliss-reactive ketones (excluding diaryl/α,β-unsaturated/α-hetero) is 1. The number of hydrogen-bond donors (Lipinski definition) is 1. The molecule has 1 aromatic heterocycles.